The van der Waals surface area contributed by atoms with Crippen LogP contribution in [0.5, 0.6) is 0 Å². The molecule has 8 nitrogen and oxygen atoms in total. The fourth-order valence-corrected chi connectivity index (χ4v) is 5.58. The summed E-state index contributed by atoms with van der Waals surface area (Å²) in [4.78, 5) is 15.4. The van der Waals surface area contributed by atoms with E-state index in [1.54, 1.807) is 12.4 Å². The maximum Gasteiger partial charge on any atom is 0.157 e. The third-order valence-corrected chi connectivity index (χ3v) is 7.72. The van der Waals surface area contributed by atoms with Gasteiger partial charge in [0.15, 0.2) is 5.65 Å². The lowest BCUT2D eigenvalue weighted by Crippen LogP contribution is -2.51. The van der Waals surface area contributed by atoms with Gasteiger partial charge in [-0.05, 0) is 37.1 Å². The van der Waals surface area contributed by atoms with Crippen molar-refractivity contribution in [2.45, 2.75) is 25.5 Å². The number of nitrogens with zero attached hydrogens (tertiary/aromatic N) is 6. The molecule has 2 saturated heterocycles. The van der Waals surface area contributed by atoms with Gasteiger partial charge in [-0.15, -0.1) is 0 Å². The lowest BCUT2D eigenvalue weighted by Gasteiger charge is -2.38. The average Bonchev–Trinajstić information content (AvgIpc) is 3.62. The first kappa shape index (κ1) is 25.5. The quantitative estimate of drug-likeness (QED) is 0.352. The first-order chi connectivity index (χ1) is 19.1. The van der Waals surface area contributed by atoms with Gasteiger partial charge in [0.2, 0.25) is 0 Å². The Kier molecular flexibility index (Phi) is 7.30. The van der Waals surface area contributed by atoms with Crippen LogP contribution in [0, 0.1) is 11.6 Å². The summed E-state index contributed by atoms with van der Waals surface area (Å²) in [5, 5.41) is 14.4. The van der Waals surface area contributed by atoms with Gasteiger partial charge < -0.3 is 20.2 Å². The fourth-order valence-electron chi connectivity index (χ4n) is 5.58. The maximum atomic E-state index is 14.2. The van der Waals surface area contributed by atoms with Crippen molar-refractivity contribution in [3.05, 3.63) is 72.7 Å². The molecular formula is C29H33F2N7O. The van der Waals surface area contributed by atoms with Crippen LogP contribution in [0.25, 0.3) is 16.9 Å². The summed E-state index contributed by atoms with van der Waals surface area (Å²) < 4.78 is 29.4. The predicted octanol–water partition coefficient (Wildman–Crippen LogP) is 4.22. The molecule has 2 aromatic carbocycles. The lowest BCUT2D eigenvalue weighted by molar-refractivity contribution is -0.00295. The van der Waals surface area contributed by atoms with Crippen LogP contribution < -0.4 is 15.1 Å². The van der Waals surface area contributed by atoms with E-state index >= 15 is 0 Å². The molecule has 10 heteroatoms. The summed E-state index contributed by atoms with van der Waals surface area (Å²) in [7, 11) is 0. The minimum atomic E-state index is -0.637. The molecule has 2 aliphatic rings. The molecule has 0 saturated carbocycles. The number of nitrogens with one attached hydrogen (secondary N) is 1. The van der Waals surface area contributed by atoms with Crippen LogP contribution in [-0.2, 0) is 0 Å². The van der Waals surface area contributed by atoms with E-state index in [0.717, 1.165) is 41.9 Å². The number of fused-ring (bicyclic) bond motifs is 1. The van der Waals surface area contributed by atoms with E-state index in [2.05, 4.69) is 39.5 Å². The molecule has 0 radical (unpaired) electrons. The normalized spacial score (nSPS) is 17.2. The molecule has 2 aliphatic heterocycles. The number of anilines is 3. The number of rotatable bonds is 8. The third-order valence-electron chi connectivity index (χ3n) is 7.72. The van der Waals surface area contributed by atoms with Crippen molar-refractivity contribution in [1.82, 2.24) is 19.3 Å². The Morgan fingerprint density at radius 1 is 0.923 bits per heavy atom. The number of piperazine rings is 1. The molecule has 0 aliphatic carbocycles. The van der Waals surface area contributed by atoms with Gasteiger partial charge in [-0.2, -0.15) is 0 Å². The summed E-state index contributed by atoms with van der Waals surface area (Å²) in [5.74, 6) is -0.273. The smallest absolute Gasteiger partial charge is 0.157 e. The highest BCUT2D eigenvalue weighted by atomic mass is 19.1. The summed E-state index contributed by atoms with van der Waals surface area (Å²) >= 11 is 0. The monoisotopic (exact) mass is 533 g/mol. The molecule has 0 spiro atoms. The highest BCUT2D eigenvalue weighted by molar-refractivity contribution is 5.77. The van der Waals surface area contributed by atoms with Gasteiger partial charge >= 0.3 is 0 Å². The molecule has 39 heavy (non-hydrogen) atoms. The van der Waals surface area contributed by atoms with Crippen LogP contribution in [0.2, 0.25) is 0 Å². The molecule has 2 N–H and O–H groups in total. The van der Waals surface area contributed by atoms with Crippen LogP contribution in [-0.4, -0.2) is 76.4 Å². The summed E-state index contributed by atoms with van der Waals surface area (Å²) in [6.45, 7) is 5.06. The Morgan fingerprint density at radius 2 is 1.69 bits per heavy atom. The van der Waals surface area contributed by atoms with E-state index in [4.69, 9.17) is 4.98 Å². The van der Waals surface area contributed by atoms with E-state index in [9.17, 15) is 13.9 Å². The van der Waals surface area contributed by atoms with Gasteiger partial charge in [0.25, 0.3) is 0 Å². The molecule has 1 unspecified atom stereocenters. The van der Waals surface area contributed by atoms with Crippen molar-refractivity contribution >= 4 is 22.8 Å². The largest absolute Gasteiger partial charge is 0.378 e. The second-order valence-corrected chi connectivity index (χ2v) is 10.2. The number of aliphatic hydroxyl groups is 1. The molecule has 2 fully saturated rings. The van der Waals surface area contributed by atoms with Crippen LogP contribution in [0.3, 0.4) is 0 Å². The molecular weight excluding hydrogens is 500 g/mol. The second kappa shape index (κ2) is 11.2. The second-order valence-electron chi connectivity index (χ2n) is 10.2. The van der Waals surface area contributed by atoms with Crippen molar-refractivity contribution in [3.8, 4) is 11.3 Å². The van der Waals surface area contributed by atoms with Crippen LogP contribution in [0.4, 0.5) is 26.0 Å². The number of benzene rings is 2. The first-order valence-corrected chi connectivity index (χ1v) is 13.6. The molecule has 204 valence electrons. The Bertz CT molecular complexity index is 1410. The fraction of sp³-hybridized carbons (Fsp3) is 0.379. The molecule has 6 rings (SSSR count). The van der Waals surface area contributed by atoms with Gasteiger partial charge in [0, 0.05) is 81.9 Å². The average molecular weight is 534 g/mol. The highest BCUT2D eigenvalue weighted by Gasteiger charge is 2.24. The third kappa shape index (κ3) is 5.39. The summed E-state index contributed by atoms with van der Waals surface area (Å²) in [5.41, 5.74) is 4.26. The minimum absolute atomic E-state index is 0.398. The van der Waals surface area contributed by atoms with Crippen molar-refractivity contribution in [2.24, 2.45) is 0 Å². The van der Waals surface area contributed by atoms with E-state index in [1.807, 2.05) is 20.4 Å². The zero-order valence-corrected chi connectivity index (χ0v) is 21.8. The van der Waals surface area contributed by atoms with Crippen molar-refractivity contribution in [1.29, 1.82) is 0 Å². The van der Waals surface area contributed by atoms with Gasteiger partial charge in [-0.1, -0.05) is 12.1 Å². The minimum Gasteiger partial charge on any atom is -0.378 e. The first-order valence-electron chi connectivity index (χ1n) is 13.6. The Labute approximate surface area is 226 Å². The Balaban J connectivity index is 1.09. The van der Waals surface area contributed by atoms with E-state index in [-0.39, 0.29) is 0 Å². The number of hydrogen-bond donors (Lipinski definition) is 2. The van der Waals surface area contributed by atoms with Gasteiger partial charge in [-0.3, -0.25) is 14.3 Å². The molecule has 1 atom stereocenters. The number of imidazole rings is 1. The van der Waals surface area contributed by atoms with Crippen LogP contribution in [0.15, 0.2) is 61.1 Å². The molecule has 0 amide bonds. The van der Waals surface area contributed by atoms with Gasteiger partial charge in [-0.25, -0.2) is 13.8 Å². The predicted molar refractivity (Wildman–Crippen MR) is 149 cm³/mol. The van der Waals surface area contributed by atoms with Crippen LogP contribution in [0.1, 0.15) is 19.3 Å². The molecule has 4 aromatic rings. The SMILES string of the molecule is OC(CCNc1c(-c2ccc(N3CCCC3)cc2)nc2cnccn12)N1CCN(c2ccc(F)cc2F)CC1. The van der Waals surface area contributed by atoms with E-state index in [1.165, 1.54) is 30.7 Å². The number of halogens is 2. The maximum absolute atomic E-state index is 14.2. The van der Waals surface area contributed by atoms with E-state index in [0.29, 0.717) is 44.8 Å². The van der Waals surface area contributed by atoms with Crippen molar-refractivity contribution in [3.63, 3.8) is 0 Å². The molecule has 0 bridgehead atoms. The Morgan fingerprint density at radius 3 is 2.44 bits per heavy atom. The Hall–Kier alpha value is -3.76. The van der Waals surface area contributed by atoms with Crippen LogP contribution >= 0.6 is 0 Å². The summed E-state index contributed by atoms with van der Waals surface area (Å²) in [6.07, 6.45) is 7.71. The molecule has 2 aromatic heterocycles. The molecule has 4 heterocycles. The van der Waals surface area contributed by atoms with Gasteiger partial charge in [0.05, 0.1) is 11.9 Å². The summed E-state index contributed by atoms with van der Waals surface area (Å²) in [6, 6.07) is 12.2. The standard InChI is InChI=1S/C29H33F2N7O/c30-22-5-8-25(24(31)19-22)36-15-17-37(18-16-36)27(39)9-10-33-29-28(34-26-20-32-11-14-38(26)29)21-3-6-23(7-4-21)35-12-1-2-13-35/h3-8,11,14,19-20,27,33,39H,1-2,9-10,12-13,15-18H2. The lowest BCUT2D eigenvalue weighted by atomic mass is 10.1. The van der Waals surface area contributed by atoms with Crippen molar-refractivity contribution < 1.29 is 13.9 Å². The van der Waals surface area contributed by atoms with Crippen molar-refractivity contribution in [2.75, 3.05) is 60.9 Å². The van der Waals surface area contributed by atoms with E-state index < -0.39 is 17.9 Å². The number of aliphatic hydroxyl groups excluding tert-OH is 1. The highest BCUT2D eigenvalue weighted by Crippen LogP contribution is 2.31. The van der Waals surface area contributed by atoms with Gasteiger partial charge in [0.1, 0.15) is 29.4 Å². The zero-order valence-electron chi connectivity index (χ0n) is 21.8. The number of hydrogen-bond acceptors (Lipinski definition) is 7. The number of aromatic nitrogens is 3. The topological polar surface area (TPSA) is 72.2 Å². The zero-order chi connectivity index (χ0) is 26.8.